The van der Waals surface area contributed by atoms with Crippen LogP contribution in [0.5, 0.6) is 0 Å². The van der Waals surface area contributed by atoms with Gasteiger partial charge in [0.2, 0.25) is 5.91 Å². The number of H-pyrrole nitrogens is 2. The third-order valence-electron chi connectivity index (χ3n) is 12.4. The number of aryl methyl sites for hydroxylation is 4. The highest BCUT2D eigenvalue weighted by atomic mass is 16.2. The third-order valence-corrected chi connectivity index (χ3v) is 12.4. The molecule has 2 amide bonds. The van der Waals surface area contributed by atoms with E-state index in [-0.39, 0.29) is 23.7 Å². The summed E-state index contributed by atoms with van der Waals surface area (Å²) in [5.74, 6) is 0.164. The Hall–Kier alpha value is -6.28. The predicted octanol–water partition coefficient (Wildman–Crippen LogP) is 8.18. The minimum absolute atomic E-state index is 0.0154. The van der Waals surface area contributed by atoms with E-state index in [4.69, 9.17) is 0 Å². The highest BCUT2D eigenvalue weighted by molar-refractivity contribution is 6.33. The molecule has 4 aliphatic heterocycles. The van der Waals surface area contributed by atoms with Gasteiger partial charge >= 0.3 is 0 Å². The summed E-state index contributed by atoms with van der Waals surface area (Å²) in [6.45, 7) is 3.40. The molecule has 54 heavy (non-hydrogen) atoms. The van der Waals surface area contributed by atoms with Gasteiger partial charge in [-0.3, -0.25) is 9.59 Å². The molecule has 4 N–H and O–H groups in total. The molecule has 8 heterocycles. The number of nitrogens with zero attached hydrogens (tertiary/aromatic N) is 2. The van der Waals surface area contributed by atoms with E-state index in [1.807, 2.05) is 42.7 Å². The first-order valence-corrected chi connectivity index (χ1v) is 19.3. The van der Waals surface area contributed by atoms with Crippen molar-refractivity contribution in [1.82, 2.24) is 29.7 Å². The molecule has 8 nitrogen and oxygen atoms in total. The van der Waals surface area contributed by atoms with Gasteiger partial charge in [-0.15, -0.1) is 0 Å². The van der Waals surface area contributed by atoms with Crippen molar-refractivity contribution in [1.29, 1.82) is 0 Å². The third kappa shape index (κ3) is 4.68. The zero-order valence-corrected chi connectivity index (χ0v) is 29.9. The molecule has 4 aliphatic rings. The van der Waals surface area contributed by atoms with E-state index in [0.29, 0.717) is 13.1 Å². The molecule has 0 aliphatic carbocycles. The minimum Gasteiger partial charge on any atom is -0.361 e. The molecule has 4 aromatic carbocycles. The minimum atomic E-state index is -0.149. The lowest BCUT2D eigenvalue weighted by Gasteiger charge is -2.16. The van der Waals surface area contributed by atoms with Gasteiger partial charge < -0.3 is 29.7 Å². The first-order valence-electron chi connectivity index (χ1n) is 19.3. The number of hydrogen-bond donors (Lipinski definition) is 4. The topological polar surface area (TPSA) is 99.6 Å². The molecular formula is C46H40N6O2. The van der Waals surface area contributed by atoms with Crippen molar-refractivity contribution >= 4 is 66.6 Å². The summed E-state index contributed by atoms with van der Waals surface area (Å²) in [7, 11) is 0. The van der Waals surface area contributed by atoms with Crippen molar-refractivity contribution in [2.45, 2.75) is 50.6 Å². The van der Waals surface area contributed by atoms with Crippen molar-refractivity contribution in [2.24, 2.45) is 0 Å². The second-order valence-electron chi connectivity index (χ2n) is 15.3. The van der Waals surface area contributed by atoms with Gasteiger partial charge in [-0.05, 0) is 65.6 Å². The standard InChI is InChI=1S/C23H21N3O.C23H19N3O/c2*27-23-21(17-11-24-20-9-2-1-7-15(17)20)18(12-25-23)19-13-26-10-4-6-14-5-3-8-16(19)22(14)26/h1-3,5,7-9,11,13,18,21,24H,4,6,10,12H2,(H,25,27);1-3,5,7-9,11,13,24H,4,6,10,12H2,(H,25,27). The van der Waals surface area contributed by atoms with Crippen molar-refractivity contribution in [3.05, 3.63) is 143 Å². The van der Waals surface area contributed by atoms with Gasteiger partial charge in [0.15, 0.2) is 0 Å². The second-order valence-corrected chi connectivity index (χ2v) is 15.3. The first-order chi connectivity index (χ1) is 26.6. The first kappa shape index (κ1) is 31.3. The van der Waals surface area contributed by atoms with Gasteiger partial charge in [-0.2, -0.15) is 0 Å². The molecule has 8 heteroatoms. The van der Waals surface area contributed by atoms with E-state index in [1.165, 1.54) is 56.9 Å². The fourth-order valence-corrected chi connectivity index (χ4v) is 9.97. The quantitative estimate of drug-likeness (QED) is 0.148. The van der Waals surface area contributed by atoms with Crippen LogP contribution < -0.4 is 10.6 Å². The average Bonchev–Trinajstić information content (AvgIpc) is 4.07. The number of amides is 2. The summed E-state index contributed by atoms with van der Waals surface area (Å²) in [6.07, 6.45) is 13.2. The lowest BCUT2D eigenvalue weighted by Crippen LogP contribution is -2.17. The number of carbonyl (C=O) groups excluding carboxylic acids is 2. The molecule has 1 fully saturated rings. The predicted molar refractivity (Wildman–Crippen MR) is 215 cm³/mol. The Balaban J connectivity index is 0.000000126. The largest absolute Gasteiger partial charge is 0.361 e. The van der Waals surface area contributed by atoms with Gasteiger partial charge in [0.05, 0.1) is 22.5 Å². The lowest BCUT2D eigenvalue weighted by atomic mass is 9.83. The molecule has 4 aromatic heterocycles. The Kier molecular flexibility index (Phi) is 7.02. The SMILES string of the molecule is O=C1NCC(c2cn3c4c(cccc24)CCC3)=C1c1c[nH]c2ccccc12.O=C1NCC(c2cn3c4c(cccc24)CCC3)C1c1c[nH]c2ccccc12. The second kappa shape index (κ2) is 12.1. The number of aromatic amines is 2. The number of fused-ring (bicyclic) bond motifs is 2. The molecule has 0 radical (unpaired) electrons. The maximum atomic E-state index is 12.9. The Labute approximate surface area is 311 Å². The van der Waals surface area contributed by atoms with E-state index in [0.717, 1.165) is 70.0 Å². The van der Waals surface area contributed by atoms with E-state index in [1.54, 1.807) is 0 Å². The molecule has 266 valence electrons. The highest BCUT2D eigenvalue weighted by Crippen LogP contribution is 2.44. The Morgan fingerprint density at radius 1 is 0.593 bits per heavy atom. The summed E-state index contributed by atoms with van der Waals surface area (Å²) in [6, 6.07) is 29.6. The van der Waals surface area contributed by atoms with E-state index in [9.17, 15) is 9.59 Å². The molecule has 1 saturated heterocycles. The Morgan fingerprint density at radius 3 is 2.04 bits per heavy atom. The van der Waals surface area contributed by atoms with Gasteiger partial charge in [0.25, 0.3) is 5.91 Å². The Morgan fingerprint density at radius 2 is 1.24 bits per heavy atom. The summed E-state index contributed by atoms with van der Waals surface area (Å²) < 4.78 is 4.77. The van der Waals surface area contributed by atoms with Gasteiger partial charge in [0, 0.05) is 101 Å². The number of benzene rings is 4. The highest BCUT2D eigenvalue weighted by Gasteiger charge is 2.40. The Bertz CT molecular complexity index is 2860. The molecule has 0 saturated carbocycles. The van der Waals surface area contributed by atoms with E-state index < -0.39 is 0 Å². The van der Waals surface area contributed by atoms with Crippen LogP contribution in [0.2, 0.25) is 0 Å². The van der Waals surface area contributed by atoms with Crippen LogP contribution in [0.4, 0.5) is 0 Å². The number of aromatic nitrogens is 4. The van der Waals surface area contributed by atoms with Crippen LogP contribution >= 0.6 is 0 Å². The van der Waals surface area contributed by atoms with Crippen molar-refractivity contribution in [3.8, 4) is 0 Å². The van der Waals surface area contributed by atoms with Gasteiger partial charge in [-0.1, -0.05) is 72.8 Å². The number of carbonyl (C=O) groups is 2. The van der Waals surface area contributed by atoms with Crippen LogP contribution in [-0.4, -0.2) is 44.0 Å². The van der Waals surface area contributed by atoms with Crippen LogP contribution in [0.1, 0.15) is 58.1 Å². The van der Waals surface area contributed by atoms with Gasteiger partial charge in [-0.25, -0.2) is 0 Å². The number of rotatable bonds is 4. The normalized spacial score (nSPS) is 19.2. The van der Waals surface area contributed by atoms with Crippen LogP contribution in [0.25, 0.3) is 54.8 Å². The lowest BCUT2D eigenvalue weighted by molar-refractivity contribution is -0.120. The summed E-state index contributed by atoms with van der Waals surface area (Å²) >= 11 is 0. The van der Waals surface area contributed by atoms with Crippen LogP contribution in [0.3, 0.4) is 0 Å². The number of nitrogens with one attached hydrogen (secondary N) is 4. The zero-order chi connectivity index (χ0) is 35.9. The number of para-hydroxylation sites is 4. The molecule has 8 aromatic rings. The molecule has 2 atom stereocenters. The van der Waals surface area contributed by atoms with E-state index in [2.05, 4.69) is 96.7 Å². The van der Waals surface area contributed by atoms with Crippen molar-refractivity contribution < 1.29 is 9.59 Å². The molecular weight excluding hydrogens is 669 g/mol. The summed E-state index contributed by atoms with van der Waals surface area (Å²) in [5, 5.41) is 11.0. The molecule has 2 unspecified atom stereocenters. The fourth-order valence-electron chi connectivity index (χ4n) is 9.97. The van der Waals surface area contributed by atoms with Gasteiger partial charge in [0.1, 0.15) is 0 Å². The maximum absolute atomic E-state index is 12.9. The van der Waals surface area contributed by atoms with E-state index >= 15 is 0 Å². The summed E-state index contributed by atoms with van der Waals surface area (Å²) in [4.78, 5) is 32.3. The molecule has 12 rings (SSSR count). The van der Waals surface area contributed by atoms with Crippen LogP contribution in [0.15, 0.2) is 110 Å². The van der Waals surface area contributed by atoms with Crippen molar-refractivity contribution in [3.63, 3.8) is 0 Å². The van der Waals surface area contributed by atoms with Crippen LogP contribution in [0, 0.1) is 0 Å². The van der Waals surface area contributed by atoms with Crippen molar-refractivity contribution in [2.75, 3.05) is 13.1 Å². The fraction of sp³-hybridized carbons (Fsp3) is 0.217. The monoisotopic (exact) mass is 708 g/mol. The van der Waals surface area contributed by atoms with Crippen LogP contribution in [-0.2, 0) is 35.5 Å². The smallest absolute Gasteiger partial charge is 0.252 e. The molecule has 0 bridgehead atoms. The average molecular weight is 709 g/mol. The number of hydrogen-bond acceptors (Lipinski definition) is 2. The zero-order valence-electron chi connectivity index (χ0n) is 29.9. The molecule has 0 spiro atoms. The maximum Gasteiger partial charge on any atom is 0.252 e. The summed E-state index contributed by atoms with van der Waals surface area (Å²) in [5.41, 5.74) is 14.2.